The summed E-state index contributed by atoms with van der Waals surface area (Å²) in [6.45, 7) is 3.58. The molecule has 2 heterocycles. The Bertz CT molecular complexity index is 618. The summed E-state index contributed by atoms with van der Waals surface area (Å²) in [6, 6.07) is 0. The summed E-state index contributed by atoms with van der Waals surface area (Å²) in [5.41, 5.74) is 0.641. The summed E-state index contributed by atoms with van der Waals surface area (Å²) in [5, 5.41) is 3.20. The topological polar surface area (TPSA) is 86.2 Å². The third kappa shape index (κ3) is 4.47. The first-order valence-electron chi connectivity index (χ1n) is 6.92. The Morgan fingerprint density at radius 1 is 1.36 bits per heavy atom. The van der Waals surface area contributed by atoms with Gasteiger partial charge in [-0.25, -0.2) is 9.97 Å². The van der Waals surface area contributed by atoms with Crippen LogP contribution in [-0.2, 0) is 4.74 Å². The van der Waals surface area contributed by atoms with Crippen molar-refractivity contribution in [2.24, 2.45) is 0 Å². The van der Waals surface area contributed by atoms with Gasteiger partial charge in [-0.05, 0) is 13.3 Å². The van der Waals surface area contributed by atoms with Crippen molar-refractivity contribution >= 4 is 17.2 Å². The van der Waals surface area contributed by atoms with Crippen molar-refractivity contribution < 1.29 is 14.3 Å². The fraction of sp³-hybridized carbons (Fsp3) is 0.429. The van der Waals surface area contributed by atoms with E-state index in [1.807, 2.05) is 6.92 Å². The van der Waals surface area contributed by atoms with Gasteiger partial charge in [0.15, 0.2) is 5.01 Å². The first kappa shape index (κ1) is 16.3. The van der Waals surface area contributed by atoms with E-state index in [9.17, 15) is 4.79 Å². The van der Waals surface area contributed by atoms with E-state index in [0.29, 0.717) is 36.3 Å². The molecule has 2 rings (SSSR count). The second-order valence-electron chi connectivity index (χ2n) is 4.31. The minimum atomic E-state index is -0.193. The molecule has 1 amide bonds. The predicted octanol–water partition coefficient (Wildman–Crippen LogP) is 1.77. The van der Waals surface area contributed by atoms with Crippen LogP contribution < -0.4 is 10.1 Å². The monoisotopic (exact) mass is 322 g/mol. The average Bonchev–Trinajstić information content (AvgIpc) is 3.02. The fourth-order valence-electron chi connectivity index (χ4n) is 1.68. The average molecular weight is 322 g/mol. The van der Waals surface area contributed by atoms with Gasteiger partial charge in [-0.2, -0.15) is 0 Å². The van der Waals surface area contributed by atoms with Gasteiger partial charge in [-0.3, -0.25) is 9.78 Å². The molecule has 0 aliphatic heterocycles. The van der Waals surface area contributed by atoms with Crippen LogP contribution in [0.3, 0.4) is 0 Å². The first-order valence-corrected chi connectivity index (χ1v) is 7.74. The third-order valence-corrected chi connectivity index (χ3v) is 3.69. The van der Waals surface area contributed by atoms with Gasteiger partial charge in [0.05, 0.1) is 23.9 Å². The number of carbonyl (C=O) groups is 1. The van der Waals surface area contributed by atoms with E-state index in [4.69, 9.17) is 9.47 Å². The molecule has 0 atom stereocenters. The zero-order valence-corrected chi connectivity index (χ0v) is 13.4. The van der Waals surface area contributed by atoms with Crippen LogP contribution in [0.5, 0.6) is 5.88 Å². The molecule has 0 unspecified atom stereocenters. The standard InChI is InChI=1S/C14H18N4O3S/c1-3-21-12-9-15-7-10(18-12)11-8-17-14(22-11)13(19)16-5-4-6-20-2/h7-9H,3-6H2,1-2H3,(H,16,19). The second kappa shape index (κ2) is 8.40. The molecule has 7 nitrogen and oxygen atoms in total. The summed E-state index contributed by atoms with van der Waals surface area (Å²) in [4.78, 5) is 25.3. The molecule has 118 valence electrons. The molecule has 0 aromatic carbocycles. The lowest BCUT2D eigenvalue weighted by Crippen LogP contribution is -2.24. The number of carbonyl (C=O) groups excluding carboxylic acids is 1. The Morgan fingerprint density at radius 3 is 3.00 bits per heavy atom. The molecule has 1 N–H and O–H groups in total. The Morgan fingerprint density at radius 2 is 2.23 bits per heavy atom. The number of rotatable bonds is 8. The van der Waals surface area contributed by atoms with Crippen LogP contribution >= 0.6 is 11.3 Å². The van der Waals surface area contributed by atoms with Crippen LogP contribution in [0, 0.1) is 0 Å². The largest absolute Gasteiger partial charge is 0.477 e. The minimum Gasteiger partial charge on any atom is -0.477 e. The molecule has 2 aromatic heterocycles. The molecule has 2 aromatic rings. The Kier molecular flexibility index (Phi) is 6.23. The Hall–Kier alpha value is -2.06. The molecule has 0 aliphatic rings. The molecule has 0 radical (unpaired) electrons. The lowest BCUT2D eigenvalue weighted by atomic mass is 10.4. The van der Waals surface area contributed by atoms with Crippen molar-refractivity contribution in [3.05, 3.63) is 23.6 Å². The molecule has 0 fully saturated rings. The lowest BCUT2D eigenvalue weighted by Gasteiger charge is -2.02. The quantitative estimate of drug-likeness (QED) is 0.745. The fourth-order valence-corrected chi connectivity index (χ4v) is 2.46. The highest BCUT2D eigenvalue weighted by Crippen LogP contribution is 2.25. The highest BCUT2D eigenvalue weighted by molar-refractivity contribution is 7.16. The molecule has 8 heteroatoms. The molecular weight excluding hydrogens is 304 g/mol. The maximum atomic E-state index is 12.0. The summed E-state index contributed by atoms with van der Waals surface area (Å²) in [5.74, 6) is 0.264. The smallest absolute Gasteiger partial charge is 0.280 e. The molecular formula is C14H18N4O3S. The molecule has 0 saturated heterocycles. The van der Waals surface area contributed by atoms with E-state index in [2.05, 4.69) is 20.3 Å². The van der Waals surface area contributed by atoms with Gasteiger partial charge in [-0.15, -0.1) is 11.3 Å². The van der Waals surface area contributed by atoms with E-state index < -0.39 is 0 Å². The van der Waals surface area contributed by atoms with Gasteiger partial charge in [0.25, 0.3) is 5.91 Å². The highest BCUT2D eigenvalue weighted by Gasteiger charge is 2.13. The van der Waals surface area contributed by atoms with Gasteiger partial charge in [0, 0.05) is 26.5 Å². The van der Waals surface area contributed by atoms with Crippen molar-refractivity contribution in [2.75, 3.05) is 26.9 Å². The SMILES string of the molecule is CCOc1cncc(-c2cnc(C(=O)NCCCOC)s2)n1. The van der Waals surface area contributed by atoms with Gasteiger partial charge >= 0.3 is 0 Å². The van der Waals surface area contributed by atoms with Crippen molar-refractivity contribution in [2.45, 2.75) is 13.3 Å². The molecule has 22 heavy (non-hydrogen) atoms. The van der Waals surface area contributed by atoms with Crippen LogP contribution in [0.2, 0.25) is 0 Å². The Labute approximate surface area is 132 Å². The van der Waals surface area contributed by atoms with Gasteiger partial charge in [0.1, 0.15) is 5.69 Å². The predicted molar refractivity (Wildman–Crippen MR) is 83.1 cm³/mol. The van der Waals surface area contributed by atoms with E-state index in [1.54, 1.807) is 25.7 Å². The number of hydrogen-bond donors (Lipinski definition) is 1. The van der Waals surface area contributed by atoms with Crippen molar-refractivity contribution in [1.82, 2.24) is 20.3 Å². The summed E-state index contributed by atoms with van der Waals surface area (Å²) in [7, 11) is 1.63. The molecule has 0 spiro atoms. The van der Waals surface area contributed by atoms with Gasteiger partial charge < -0.3 is 14.8 Å². The van der Waals surface area contributed by atoms with Crippen molar-refractivity contribution in [3.63, 3.8) is 0 Å². The van der Waals surface area contributed by atoms with Gasteiger partial charge in [-0.1, -0.05) is 0 Å². The molecule has 0 aliphatic carbocycles. The number of hydrogen-bond acceptors (Lipinski definition) is 7. The lowest BCUT2D eigenvalue weighted by molar-refractivity contribution is 0.0948. The summed E-state index contributed by atoms with van der Waals surface area (Å²) >= 11 is 1.27. The van der Waals surface area contributed by atoms with E-state index in [1.165, 1.54) is 11.3 Å². The number of nitrogens with one attached hydrogen (secondary N) is 1. The van der Waals surface area contributed by atoms with Crippen molar-refractivity contribution in [1.29, 1.82) is 0 Å². The first-order chi connectivity index (χ1) is 10.7. The molecule has 0 bridgehead atoms. The second-order valence-corrected chi connectivity index (χ2v) is 5.34. The van der Waals surface area contributed by atoms with Crippen LogP contribution in [-0.4, -0.2) is 47.7 Å². The number of methoxy groups -OCH3 is 1. The number of ether oxygens (including phenoxy) is 2. The Balaban J connectivity index is 2.01. The zero-order valence-electron chi connectivity index (χ0n) is 12.5. The minimum absolute atomic E-state index is 0.193. The maximum absolute atomic E-state index is 12.0. The number of aromatic nitrogens is 3. The van der Waals surface area contributed by atoms with Gasteiger partial charge in [0.2, 0.25) is 5.88 Å². The number of nitrogens with zero attached hydrogens (tertiary/aromatic N) is 3. The normalized spacial score (nSPS) is 10.5. The van der Waals surface area contributed by atoms with E-state index in [0.717, 1.165) is 11.3 Å². The molecule has 0 saturated carbocycles. The highest BCUT2D eigenvalue weighted by atomic mass is 32.1. The summed E-state index contributed by atoms with van der Waals surface area (Å²) in [6.07, 6.45) is 5.56. The zero-order chi connectivity index (χ0) is 15.8. The number of thiazole rings is 1. The van der Waals surface area contributed by atoms with Crippen LogP contribution in [0.15, 0.2) is 18.6 Å². The summed E-state index contributed by atoms with van der Waals surface area (Å²) < 4.78 is 10.2. The maximum Gasteiger partial charge on any atom is 0.280 e. The van der Waals surface area contributed by atoms with Crippen LogP contribution in [0.4, 0.5) is 0 Å². The van der Waals surface area contributed by atoms with E-state index in [-0.39, 0.29) is 5.91 Å². The number of amides is 1. The van der Waals surface area contributed by atoms with Crippen LogP contribution in [0.1, 0.15) is 23.1 Å². The van der Waals surface area contributed by atoms with Crippen LogP contribution in [0.25, 0.3) is 10.6 Å². The third-order valence-electron chi connectivity index (χ3n) is 2.67. The van der Waals surface area contributed by atoms with Crippen molar-refractivity contribution in [3.8, 4) is 16.5 Å². The van der Waals surface area contributed by atoms with E-state index >= 15 is 0 Å².